The number of benzene rings is 2. The van der Waals surface area contributed by atoms with Gasteiger partial charge in [0.1, 0.15) is 18.2 Å². The zero-order valence-corrected chi connectivity index (χ0v) is 21.2. The van der Waals surface area contributed by atoms with E-state index < -0.39 is 0 Å². The quantitative estimate of drug-likeness (QED) is 0.379. The van der Waals surface area contributed by atoms with Crippen LogP contribution in [0.15, 0.2) is 54.6 Å². The van der Waals surface area contributed by atoms with Gasteiger partial charge in [-0.1, -0.05) is 24.3 Å². The average molecular weight is 499 g/mol. The second-order valence-corrected chi connectivity index (χ2v) is 10.5. The van der Waals surface area contributed by atoms with E-state index in [-0.39, 0.29) is 29.7 Å². The number of hydrogen-bond acceptors (Lipinski definition) is 7. The molecular weight excluding hydrogens is 464 g/mol. The van der Waals surface area contributed by atoms with E-state index in [1.54, 1.807) is 0 Å². The van der Waals surface area contributed by atoms with Gasteiger partial charge in [0.15, 0.2) is 0 Å². The molecule has 0 spiro atoms. The normalized spacial score (nSPS) is 24.6. The molecular formula is C29H34N6O2. The van der Waals surface area contributed by atoms with Gasteiger partial charge in [0.2, 0.25) is 11.9 Å². The van der Waals surface area contributed by atoms with Crippen molar-refractivity contribution in [2.75, 3.05) is 36.9 Å². The number of amides is 1. The van der Waals surface area contributed by atoms with Gasteiger partial charge in [0, 0.05) is 23.7 Å². The number of allylic oxidation sites excluding steroid dienone is 1. The molecule has 3 aromatic rings. The number of rotatable bonds is 9. The first-order chi connectivity index (χ1) is 18.0. The molecule has 0 radical (unpaired) electrons. The lowest BCUT2D eigenvalue weighted by Gasteiger charge is -2.27. The minimum Gasteiger partial charge on any atom is -0.492 e. The van der Waals surface area contributed by atoms with E-state index in [0.717, 1.165) is 40.9 Å². The minimum atomic E-state index is -0.260. The number of aryl methyl sites for hydroxylation is 1. The summed E-state index contributed by atoms with van der Waals surface area (Å²) in [7, 11) is 0. The number of nitrogens with zero attached hydrogens (tertiary/aromatic N) is 3. The Morgan fingerprint density at radius 1 is 1.11 bits per heavy atom. The highest BCUT2D eigenvalue weighted by Gasteiger charge is 2.47. The van der Waals surface area contributed by atoms with Crippen LogP contribution in [-0.4, -0.2) is 53.1 Å². The number of aromatic nitrogens is 2. The topological polar surface area (TPSA) is 105 Å². The van der Waals surface area contributed by atoms with Gasteiger partial charge in [-0.15, -0.1) is 0 Å². The van der Waals surface area contributed by atoms with Crippen LogP contribution < -0.4 is 21.1 Å². The van der Waals surface area contributed by atoms with Crippen molar-refractivity contribution < 1.29 is 9.53 Å². The second-order valence-electron chi connectivity index (χ2n) is 10.5. The van der Waals surface area contributed by atoms with Crippen LogP contribution in [-0.2, 0) is 4.79 Å². The molecule has 8 nitrogen and oxygen atoms in total. The SMILES string of the molecule is Cc1cc(Nc2nc(NC3C4C=CC(C4)C3C(N)=O)c3ccccc3n2)ccc1OCCN1CCCC1. The number of fused-ring (bicyclic) bond motifs is 3. The summed E-state index contributed by atoms with van der Waals surface area (Å²) in [6, 6.07) is 13.9. The van der Waals surface area contributed by atoms with Gasteiger partial charge >= 0.3 is 0 Å². The maximum Gasteiger partial charge on any atom is 0.229 e. The molecule has 4 atom stereocenters. The number of nitrogens with two attached hydrogens (primary N) is 1. The molecule has 2 fully saturated rings. The van der Waals surface area contributed by atoms with Crippen LogP contribution in [0.1, 0.15) is 24.8 Å². The monoisotopic (exact) mass is 498 g/mol. The fourth-order valence-corrected chi connectivity index (χ4v) is 6.12. The molecule has 4 unspecified atom stereocenters. The maximum atomic E-state index is 12.2. The Bertz CT molecular complexity index is 1340. The Morgan fingerprint density at radius 3 is 2.73 bits per heavy atom. The summed E-state index contributed by atoms with van der Waals surface area (Å²) in [5, 5.41) is 7.86. The molecule has 2 bridgehead atoms. The zero-order valence-electron chi connectivity index (χ0n) is 21.2. The molecule has 8 heteroatoms. The standard InChI is InChI=1S/C29H34N6O2/c1-18-16-21(10-11-24(18)37-15-14-35-12-4-5-13-35)31-29-32-23-7-3-2-6-22(23)28(34-29)33-26-20-9-8-19(17-20)25(26)27(30)36/h2-3,6-11,16,19-20,25-26H,4-5,12-15,17H2,1H3,(H2,30,36)(H2,31,32,33,34). The molecule has 6 rings (SSSR count). The van der Waals surface area contributed by atoms with Gasteiger partial charge in [-0.3, -0.25) is 9.69 Å². The van der Waals surface area contributed by atoms with E-state index in [1.807, 2.05) is 36.4 Å². The van der Waals surface area contributed by atoms with Crippen molar-refractivity contribution >= 4 is 34.3 Å². The van der Waals surface area contributed by atoms with E-state index in [9.17, 15) is 4.79 Å². The van der Waals surface area contributed by atoms with Gasteiger partial charge in [-0.2, -0.15) is 4.98 Å². The van der Waals surface area contributed by atoms with Crippen molar-refractivity contribution in [3.05, 3.63) is 60.2 Å². The molecule has 1 aliphatic heterocycles. The summed E-state index contributed by atoms with van der Waals surface area (Å²) in [6.45, 7) is 6.07. The summed E-state index contributed by atoms with van der Waals surface area (Å²) < 4.78 is 6.05. The van der Waals surface area contributed by atoms with Crippen molar-refractivity contribution in [1.29, 1.82) is 0 Å². The van der Waals surface area contributed by atoms with Crippen molar-refractivity contribution in [2.24, 2.45) is 23.5 Å². The Hall–Kier alpha value is -3.65. The molecule has 37 heavy (non-hydrogen) atoms. The summed E-state index contributed by atoms with van der Waals surface area (Å²) >= 11 is 0. The van der Waals surface area contributed by atoms with Crippen molar-refractivity contribution in [3.63, 3.8) is 0 Å². The number of primary amides is 1. The third-order valence-corrected chi connectivity index (χ3v) is 7.99. The number of hydrogen-bond donors (Lipinski definition) is 3. The Balaban J connectivity index is 1.20. The molecule has 1 saturated heterocycles. The number of ether oxygens (including phenoxy) is 1. The number of anilines is 3. The molecule has 2 aromatic carbocycles. The van der Waals surface area contributed by atoms with Crippen LogP contribution in [0, 0.1) is 24.7 Å². The van der Waals surface area contributed by atoms with Gasteiger partial charge in [0.05, 0.1) is 11.4 Å². The van der Waals surface area contributed by atoms with Crippen molar-refractivity contribution in [1.82, 2.24) is 14.9 Å². The first-order valence-electron chi connectivity index (χ1n) is 13.3. The minimum absolute atomic E-state index is 0.0714. The largest absolute Gasteiger partial charge is 0.492 e. The van der Waals surface area contributed by atoms with E-state index >= 15 is 0 Å². The number of para-hydroxylation sites is 1. The zero-order chi connectivity index (χ0) is 25.4. The molecule has 1 saturated carbocycles. The van der Waals surface area contributed by atoms with Crippen LogP contribution in [0.3, 0.4) is 0 Å². The molecule has 1 amide bonds. The smallest absolute Gasteiger partial charge is 0.229 e. The predicted octanol–water partition coefficient (Wildman–Crippen LogP) is 4.24. The van der Waals surface area contributed by atoms with Gasteiger partial charge in [-0.05, 0) is 87.0 Å². The third kappa shape index (κ3) is 4.85. The molecule has 1 aromatic heterocycles. The Labute approximate surface area is 217 Å². The number of nitrogens with one attached hydrogen (secondary N) is 2. The predicted molar refractivity (Wildman–Crippen MR) is 146 cm³/mol. The highest BCUT2D eigenvalue weighted by atomic mass is 16.5. The lowest BCUT2D eigenvalue weighted by molar-refractivity contribution is -0.122. The number of carbonyl (C=O) groups is 1. The highest BCUT2D eigenvalue weighted by Crippen LogP contribution is 2.45. The van der Waals surface area contributed by atoms with Gasteiger partial charge in [-0.25, -0.2) is 4.98 Å². The van der Waals surface area contributed by atoms with Gasteiger partial charge in [0.25, 0.3) is 0 Å². The summed E-state index contributed by atoms with van der Waals surface area (Å²) in [4.78, 5) is 24.3. The summed E-state index contributed by atoms with van der Waals surface area (Å²) in [5.74, 6) is 2.08. The van der Waals surface area contributed by atoms with E-state index in [1.165, 1.54) is 25.9 Å². The lowest BCUT2D eigenvalue weighted by Crippen LogP contribution is -2.41. The maximum absolute atomic E-state index is 12.2. The fraction of sp³-hybridized carbons (Fsp3) is 0.414. The van der Waals surface area contributed by atoms with Crippen molar-refractivity contribution in [2.45, 2.75) is 32.2 Å². The van der Waals surface area contributed by atoms with E-state index in [2.05, 4.69) is 40.7 Å². The molecule has 2 heterocycles. The third-order valence-electron chi connectivity index (χ3n) is 7.99. The van der Waals surface area contributed by atoms with E-state index in [4.69, 9.17) is 20.4 Å². The van der Waals surface area contributed by atoms with Crippen LogP contribution in [0.4, 0.5) is 17.5 Å². The second kappa shape index (κ2) is 10.0. The number of likely N-dealkylation sites (tertiary alicyclic amines) is 1. The Kier molecular flexibility index (Phi) is 6.42. The van der Waals surface area contributed by atoms with E-state index in [0.29, 0.717) is 18.4 Å². The Morgan fingerprint density at radius 2 is 1.92 bits per heavy atom. The van der Waals surface area contributed by atoms with Crippen LogP contribution in [0.2, 0.25) is 0 Å². The van der Waals surface area contributed by atoms with Crippen LogP contribution in [0.5, 0.6) is 5.75 Å². The first-order valence-corrected chi connectivity index (χ1v) is 13.3. The van der Waals surface area contributed by atoms with Crippen LogP contribution >= 0.6 is 0 Å². The number of carbonyl (C=O) groups excluding carboxylic acids is 1. The van der Waals surface area contributed by atoms with Gasteiger partial charge < -0.3 is 21.1 Å². The van der Waals surface area contributed by atoms with Crippen LogP contribution in [0.25, 0.3) is 10.9 Å². The molecule has 4 N–H and O–H groups in total. The van der Waals surface area contributed by atoms with Crippen molar-refractivity contribution in [3.8, 4) is 5.75 Å². The fourth-order valence-electron chi connectivity index (χ4n) is 6.12. The summed E-state index contributed by atoms with van der Waals surface area (Å²) in [5.41, 5.74) is 8.57. The summed E-state index contributed by atoms with van der Waals surface area (Å²) in [6.07, 6.45) is 7.86. The molecule has 2 aliphatic carbocycles. The first kappa shape index (κ1) is 23.7. The average Bonchev–Trinajstić information content (AvgIpc) is 3.64. The highest BCUT2D eigenvalue weighted by molar-refractivity contribution is 5.91. The molecule has 3 aliphatic rings. The lowest BCUT2D eigenvalue weighted by atomic mass is 9.88. The molecule has 192 valence electrons.